The second-order valence-corrected chi connectivity index (χ2v) is 2.62. The van der Waals surface area contributed by atoms with Crippen molar-refractivity contribution in [2.45, 2.75) is 6.10 Å². The maximum absolute atomic E-state index is 11.2. The molecule has 0 aromatic carbocycles. The Kier molecular flexibility index (Phi) is 3.66. The Morgan fingerprint density at radius 1 is 1.80 bits per heavy atom. The highest BCUT2D eigenvalue weighted by Crippen LogP contribution is 1.98. The predicted molar refractivity (Wildman–Crippen MR) is 44.2 cm³/mol. The molecule has 1 atom stereocenters. The van der Waals surface area contributed by atoms with Gasteiger partial charge in [0.05, 0.1) is 6.54 Å². The summed E-state index contributed by atoms with van der Waals surface area (Å²) < 4.78 is 4.56. The third-order valence-corrected chi connectivity index (χ3v) is 1.57. The molecule has 0 spiro atoms. The van der Waals surface area contributed by atoms with Gasteiger partial charge in [-0.3, -0.25) is 4.79 Å². The highest BCUT2D eigenvalue weighted by Gasteiger charge is 2.28. The molecule has 0 saturated carbocycles. The van der Waals surface area contributed by atoms with Gasteiger partial charge in [-0.25, -0.2) is 4.79 Å². The minimum Gasteiger partial charge on any atom is -0.434 e. The first kappa shape index (κ1) is 11.0. The SMILES string of the molecule is O=C1NC[C@H](C(=O)NCCO[N+](=O)[O-])O1. The van der Waals surface area contributed by atoms with Gasteiger partial charge < -0.3 is 20.2 Å². The molecule has 1 fully saturated rings. The number of carbonyl (C=O) groups is 2. The Hall–Kier alpha value is -2.06. The van der Waals surface area contributed by atoms with Gasteiger partial charge in [-0.05, 0) is 0 Å². The summed E-state index contributed by atoms with van der Waals surface area (Å²) in [4.78, 5) is 35.4. The van der Waals surface area contributed by atoms with Crippen molar-refractivity contribution in [2.24, 2.45) is 0 Å². The van der Waals surface area contributed by atoms with Crippen LogP contribution in [0.2, 0.25) is 0 Å². The lowest BCUT2D eigenvalue weighted by molar-refractivity contribution is -0.757. The fraction of sp³-hybridized carbons (Fsp3) is 0.667. The summed E-state index contributed by atoms with van der Waals surface area (Å²) >= 11 is 0. The van der Waals surface area contributed by atoms with Gasteiger partial charge in [0.2, 0.25) is 0 Å². The van der Waals surface area contributed by atoms with Crippen LogP contribution in [0.5, 0.6) is 0 Å². The number of ether oxygens (including phenoxy) is 1. The van der Waals surface area contributed by atoms with Crippen molar-refractivity contribution < 1.29 is 24.3 Å². The van der Waals surface area contributed by atoms with Gasteiger partial charge >= 0.3 is 6.09 Å². The van der Waals surface area contributed by atoms with Crippen LogP contribution in [0.1, 0.15) is 0 Å². The smallest absolute Gasteiger partial charge is 0.408 e. The quantitative estimate of drug-likeness (QED) is 0.327. The van der Waals surface area contributed by atoms with Crippen molar-refractivity contribution >= 4 is 12.0 Å². The van der Waals surface area contributed by atoms with Crippen LogP contribution in [0.15, 0.2) is 0 Å². The molecule has 1 saturated heterocycles. The van der Waals surface area contributed by atoms with Crippen LogP contribution in [0, 0.1) is 10.1 Å². The normalized spacial score (nSPS) is 18.9. The molecule has 0 radical (unpaired) electrons. The molecule has 0 aromatic rings. The number of amides is 2. The Labute approximate surface area is 83.8 Å². The molecule has 1 rings (SSSR count). The summed E-state index contributed by atoms with van der Waals surface area (Å²) in [5.41, 5.74) is 0. The van der Waals surface area contributed by atoms with Crippen LogP contribution < -0.4 is 10.6 Å². The van der Waals surface area contributed by atoms with Gasteiger partial charge in [0.1, 0.15) is 6.61 Å². The van der Waals surface area contributed by atoms with Crippen LogP contribution in [0.25, 0.3) is 0 Å². The molecule has 84 valence electrons. The van der Waals surface area contributed by atoms with E-state index in [1.54, 1.807) is 0 Å². The second kappa shape index (κ2) is 4.98. The van der Waals surface area contributed by atoms with E-state index in [9.17, 15) is 19.7 Å². The van der Waals surface area contributed by atoms with Crippen molar-refractivity contribution in [2.75, 3.05) is 19.7 Å². The van der Waals surface area contributed by atoms with E-state index in [-0.39, 0.29) is 19.7 Å². The Morgan fingerprint density at radius 2 is 2.53 bits per heavy atom. The summed E-state index contributed by atoms with van der Waals surface area (Å²) in [6, 6.07) is 0. The van der Waals surface area contributed by atoms with Gasteiger partial charge in [-0.1, -0.05) is 0 Å². The van der Waals surface area contributed by atoms with E-state index in [1.807, 2.05) is 0 Å². The lowest BCUT2D eigenvalue weighted by Gasteiger charge is -2.07. The molecule has 0 aromatic heterocycles. The summed E-state index contributed by atoms with van der Waals surface area (Å²) in [6.07, 6.45) is -1.54. The standard InChI is InChI=1S/C6H9N3O6/c10-5(4-3-8-6(11)15-4)7-1-2-14-9(12)13/h4H,1-3H2,(H,7,10)(H,8,11)/t4-/m1/s1. The largest absolute Gasteiger partial charge is 0.434 e. The summed E-state index contributed by atoms with van der Waals surface area (Å²) in [6.45, 7) is -0.165. The van der Waals surface area contributed by atoms with Gasteiger partial charge in [0.25, 0.3) is 11.0 Å². The molecule has 0 unspecified atom stereocenters. The van der Waals surface area contributed by atoms with Crippen molar-refractivity contribution in [3.8, 4) is 0 Å². The van der Waals surface area contributed by atoms with Gasteiger partial charge in [0.15, 0.2) is 6.10 Å². The molecule has 2 amide bonds. The number of rotatable bonds is 5. The van der Waals surface area contributed by atoms with Crippen LogP contribution >= 0.6 is 0 Å². The molecule has 1 aliphatic heterocycles. The molecule has 0 bridgehead atoms. The maximum atomic E-state index is 11.2. The number of hydrogen-bond donors (Lipinski definition) is 2. The zero-order valence-electron chi connectivity index (χ0n) is 7.60. The van der Waals surface area contributed by atoms with E-state index in [0.29, 0.717) is 0 Å². The maximum Gasteiger partial charge on any atom is 0.408 e. The van der Waals surface area contributed by atoms with E-state index in [4.69, 9.17) is 0 Å². The molecular formula is C6H9N3O6. The van der Waals surface area contributed by atoms with Crippen LogP contribution in [-0.4, -0.2) is 42.9 Å². The first-order valence-electron chi connectivity index (χ1n) is 4.09. The highest BCUT2D eigenvalue weighted by molar-refractivity contribution is 5.86. The average molecular weight is 219 g/mol. The molecule has 9 heteroatoms. The molecule has 15 heavy (non-hydrogen) atoms. The first-order valence-corrected chi connectivity index (χ1v) is 4.09. The summed E-state index contributed by atoms with van der Waals surface area (Å²) in [7, 11) is 0. The molecular weight excluding hydrogens is 210 g/mol. The van der Waals surface area contributed by atoms with E-state index < -0.39 is 23.2 Å². The Bertz CT molecular complexity index is 280. The Balaban J connectivity index is 2.13. The van der Waals surface area contributed by atoms with Crippen molar-refractivity contribution in [3.05, 3.63) is 10.1 Å². The number of carbonyl (C=O) groups excluding carboxylic acids is 2. The summed E-state index contributed by atoms with van der Waals surface area (Å²) in [5, 5.41) is 13.4. The third kappa shape index (κ3) is 3.67. The Morgan fingerprint density at radius 3 is 3.07 bits per heavy atom. The minimum atomic E-state index is -0.955. The monoisotopic (exact) mass is 219 g/mol. The van der Waals surface area contributed by atoms with Crippen LogP contribution in [0.4, 0.5) is 4.79 Å². The van der Waals surface area contributed by atoms with E-state index in [1.165, 1.54) is 0 Å². The molecule has 9 nitrogen and oxygen atoms in total. The lowest BCUT2D eigenvalue weighted by atomic mass is 10.3. The molecule has 0 aliphatic carbocycles. The summed E-state index contributed by atoms with van der Waals surface area (Å²) in [5.74, 6) is -0.514. The number of nitrogens with zero attached hydrogens (tertiary/aromatic N) is 1. The van der Waals surface area contributed by atoms with Gasteiger partial charge in [0, 0.05) is 6.54 Å². The zero-order valence-corrected chi connectivity index (χ0v) is 7.60. The molecule has 1 heterocycles. The number of nitrogens with one attached hydrogen (secondary N) is 2. The van der Waals surface area contributed by atoms with E-state index in [0.717, 1.165) is 0 Å². The fourth-order valence-electron chi connectivity index (χ4n) is 0.943. The van der Waals surface area contributed by atoms with Crippen molar-refractivity contribution in [3.63, 3.8) is 0 Å². The van der Waals surface area contributed by atoms with Crippen molar-refractivity contribution in [1.29, 1.82) is 0 Å². The lowest BCUT2D eigenvalue weighted by Crippen LogP contribution is -2.38. The fourth-order valence-corrected chi connectivity index (χ4v) is 0.943. The zero-order chi connectivity index (χ0) is 11.3. The van der Waals surface area contributed by atoms with E-state index >= 15 is 0 Å². The topological polar surface area (TPSA) is 120 Å². The van der Waals surface area contributed by atoms with Crippen LogP contribution in [0.3, 0.4) is 0 Å². The first-order chi connectivity index (χ1) is 7.09. The average Bonchev–Trinajstić information content (AvgIpc) is 2.59. The third-order valence-electron chi connectivity index (χ3n) is 1.57. The number of alkyl carbamates (subject to hydrolysis) is 1. The number of hydrogen-bond acceptors (Lipinski definition) is 6. The van der Waals surface area contributed by atoms with Crippen LogP contribution in [-0.2, 0) is 14.4 Å². The van der Waals surface area contributed by atoms with Crippen molar-refractivity contribution in [1.82, 2.24) is 10.6 Å². The highest BCUT2D eigenvalue weighted by atomic mass is 16.9. The van der Waals surface area contributed by atoms with E-state index in [2.05, 4.69) is 20.2 Å². The predicted octanol–water partition coefficient (Wildman–Crippen LogP) is -1.58. The minimum absolute atomic E-state index is 0.0200. The van der Waals surface area contributed by atoms with Gasteiger partial charge in [-0.15, -0.1) is 10.1 Å². The van der Waals surface area contributed by atoms with Gasteiger partial charge in [-0.2, -0.15) is 0 Å². The number of cyclic esters (lactones) is 1. The molecule has 1 aliphatic rings. The second-order valence-electron chi connectivity index (χ2n) is 2.62. The molecule has 2 N–H and O–H groups in total.